The van der Waals surface area contributed by atoms with Crippen molar-refractivity contribution < 1.29 is 13.6 Å². The number of benzene rings is 2. The summed E-state index contributed by atoms with van der Waals surface area (Å²) in [6, 6.07) is 11.1. The summed E-state index contributed by atoms with van der Waals surface area (Å²) in [4.78, 5) is 16.3. The maximum atomic E-state index is 13.3. The van der Waals surface area contributed by atoms with Gasteiger partial charge in [-0.2, -0.15) is 0 Å². The summed E-state index contributed by atoms with van der Waals surface area (Å²) in [5.74, 6) is -1.78. The van der Waals surface area contributed by atoms with Crippen molar-refractivity contribution in [2.75, 3.05) is 26.2 Å². The molecular weight excluding hydrogens is 378 g/mol. The number of hydrogen-bond acceptors (Lipinski definition) is 2. The monoisotopic (exact) mass is 394 g/mol. The van der Waals surface area contributed by atoms with E-state index in [-0.39, 0.29) is 11.5 Å². The van der Waals surface area contributed by atoms with Gasteiger partial charge in [-0.15, -0.1) is 0 Å². The van der Waals surface area contributed by atoms with Crippen molar-refractivity contribution >= 4 is 21.8 Å². The second-order valence-electron chi connectivity index (χ2n) is 5.86. The molecule has 24 heavy (non-hydrogen) atoms. The number of piperazine rings is 1. The molecule has 1 aliphatic heterocycles. The minimum atomic E-state index is -0.730. The summed E-state index contributed by atoms with van der Waals surface area (Å²) in [6.07, 6.45) is 0. The molecule has 0 aromatic heterocycles. The molecule has 0 atom stereocenters. The fourth-order valence-electron chi connectivity index (χ4n) is 2.86. The molecular formula is C18H17BrF2N2O. The van der Waals surface area contributed by atoms with Crippen LogP contribution in [0.25, 0.3) is 0 Å². The molecule has 1 heterocycles. The fraction of sp³-hybridized carbons (Fsp3) is 0.278. The SMILES string of the molecule is O=C(c1cc(F)cc(F)c1)N1CCN(Cc2cccc(Br)c2)CC1. The highest BCUT2D eigenvalue weighted by molar-refractivity contribution is 9.10. The predicted octanol–water partition coefficient (Wildman–Crippen LogP) is 3.69. The lowest BCUT2D eigenvalue weighted by Gasteiger charge is -2.34. The maximum Gasteiger partial charge on any atom is 0.254 e. The first-order valence-corrected chi connectivity index (χ1v) is 8.53. The summed E-state index contributed by atoms with van der Waals surface area (Å²) in [5.41, 5.74) is 1.27. The highest BCUT2D eigenvalue weighted by Crippen LogP contribution is 2.16. The Balaban J connectivity index is 1.59. The van der Waals surface area contributed by atoms with E-state index in [1.54, 1.807) is 4.90 Å². The molecule has 0 radical (unpaired) electrons. The minimum Gasteiger partial charge on any atom is -0.336 e. The number of halogens is 3. The Morgan fingerprint density at radius 2 is 1.67 bits per heavy atom. The van der Waals surface area contributed by atoms with Gasteiger partial charge >= 0.3 is 0 Å². The highest BCUT2D eigenvalue weighted by atomic mass is 79.9. The molecule has 0 bridgehead atoms. The van der Waals surface area contributed by atoms with E-state index in [2.05, 4.69) is 33.0 Å². The number of carbonyl (C=O) groups is 1. The van der Waals surface area contributed by atoms with Crippen LogP contribution >= 0.6 is 15.9 Å². The number of hydrogen-bond donors (Lipinski definition) is 0. The average Bonchev–Trinajstić information content (AvgIpc) is 2.54. The molecule has 2 aromatic carbocycles. The van der Waals surface area contributed by atoms with Crippen molar-refractivity contribution in [2.45, 2.75) is 6.54 Å². The fourth-order valence-corrected chi connectivity index (χ4v) is 3.31. The number of nitrogens with zero attached hydrogens (tertiary/aromatic N) is 2. The number of amides is 1. The Bertz CT molecular complexity index is 725. The van der Waals surface area contributed by atoms with Gasteiger partial charge in [0.1, 0.15) is 11.6 Å². The van der Waals surface area contributed by atoms with E-state index in [1.165, 1.54) is 5.56 Å². The zero-order chi connectivity index (χ0) is 17.1. The predicted molar refractivity (Wildman–Crippen MR) is 91.7 cm³/mol. The summed E-state index contributed by atoms with van der Waals surface area (Å²) in [6.45, 7) is 3.37. The summed E-state index contributed by atoms with van der Waals surface area (Å²) in [5, 5.41) is 0. The van der Waals surface area contributed by atoms with Crippen molar-refractivity contribution in [1.82, 2.24) is 9.80 Å². The first kappa shape index (κ1) is 17.0. The Morgan fingerprint density at radius 1 is 1.00 bits per heavy atom. The van der Waals surface area contributed by atoms with Gasteiger partial charge < -0.3 is 4.90 Å². The van der Waals surface area contributed by atoms with Crippen molar-refractivity contribution in [1.29, 1.82) is 0 Å². The van der Waals surface area contributed by atoms with Crippen LogP contribution in [0.5, 0.6) is 0 Å². The average molecular weight is 395 g/mol. The largest absolute Gasteiger partial charge is 0.336 e. The van der Waals surface area contributed by atoms with Gasteiger partial charge in [0.05, 0.1) is 0 Å². The normalized spacial score (nSPS) is 15.5. The van der Waals surface area contributed by atoms with Gasteiger partial charge in [0.15, 0.2) is 0 Å². The van der Waals surface area contributed by atoms with Crippen LogP contribution in [0.4, 0.5) is 8.78 Å². The molecule has 6 heteroatoms. The Morgan fingerprint density at radius 3 is 2.29 bits per heavy atom. The second-order valence-corrected chi connectivity index (χ2v) is 6.77. The van der Waals surface area contributed by atoms with Gasteiger partial charge in [-0.05, 0) is 29.8 Å². The molecule has 1 fully saturated rings. The summed E-state index contributed by atoms with van der Waals surface area (Å²) in [7, 11) is 0. The highest BCUT2D eigenvalue weighted by Gasteiger charge is 2.23. The molecule has 1 aliphatic rings. The van der Waals surface area contributed by atoms with E-state index in [4.69, 9.17) is 0 Å². The molecule has 3 nitrogen and oxygen atoms in total. The summed E-state index contributed by atoms with van der Waals surface area (Å²) >= 11 is 3.46. The smallest absolute Gasteiger partial charge is 0.254 e. The molecule has 0 unspecified atom stereocenters. The van der Waals surface area contributed by atoms with E-state index in [1.807, 2.05) is 12.1 Å². The zero-order valence-corrected chi connectivity index (χ0v) is 14.6. The molecule has 0 spiro atoms. The van der Waals surface area contributed by atoms with Gasteiger partial charge in [0.25, 0.3) is 5.91 Å². The van der Waals surface area contributed by atoms with E-state index in [0.717, 1.165) is 42.3 Å². The Labute approximate surface area is 148 Å². The van der Waals surface area contributed by atoms with Crippen molar-refractivity contribution in [3.63, 3.8) is 0 Å². The van der Waals surface area contributed by atoms with Gasteiger partial charge in [-0.3, -0.25) is 9.69 Å². The van der Waals surface area contributed by atoms with E-state index >= 15 is 0 Å². The van der Waals surface area contributed by atoms with Crippen LogP contribution in [0.1, 0.15) is 15.9 Å². The van der Waals surface area contributed by atoms with Crippen molar-refractivity contribution in [2.24, 2.45) is 0 Å². The number of carbonyl (C=O) groups excluding carboxylic acids is 1. The van der Waals surface area contributed by atoms with E-state index in [0.29, 0.717) is 13.1 Å². The van der Waals surface area contributed by atoms with E-state index < -0.39 is 11.6 Å². The van der Waals surface area contributed by atoms with Crippen LogP contribution in [0.15, 0.2) is 46.9 Å². The molecule has 126 valence electrons. The van der Waals surface area contributed by atoms with Crippen LogP contribution in [-0.2, 0) is 6.54 Å². The van der Waals surface area contributed by atoms with Gasteiger partial charge in [0, 0.05) is 48.8 Å². The molecule has 1 amide bonds. The zero-order valence-electron chi connectivity index (χ0n) is 13.0. The number of rotatable bonds is 3. The van der Waals surface area contributed by atoms with Crippen molar-refractivity contribution in [3.05, 3.63) is 69.7 Å². The first-order chi connectivity index (χ1) is 11.5. The van der Waals surface area contributed by atoms with Crippen LogP contribution in [-0.4, -0.2) is 41.9 Å². The molecule has 0 saturated carbocycles. The third-order valence-electron chi connectivity index (χ3n) is 4.06. The first-order valence-electron chi connectivity index (χ1n) is 7.73. The van der Waals surface area contributed by atoms with Gasteiger partial charge in [-0.1, -0.05) is 28.1 Å². The van der Waals surface area contributed by atoms with Gasteiger partial charge in [0.2, 0.25) is 0 Å². The third-order valence-corrected chi connectivity index (χ3v) is 4.56. The topological polar surface area (TPSA) is 23.6 Å². The molecule has 0 aliphatic carbocycles. The van der Waals surface area contributed by atoms with Crippen LogP contribution in [0.2, 0.25) is 0 Å². The molecule has 1 saturated heterocycles. The standard InChI is InChI=1S/C18H17BrF2N2O/c19-15-3-1-2-13(8-15)12-22-4-6-23(7-5-22)18(24)14-9-16(20)11-17(21)10-14/h1-3,8-11H,4-7,12H2. The van der Waals surface area contributed by atoms with Gasteiger partial charge in [-0.25, -0.2) is 8.78 Å². The molecule has 0 N–H and O–H groups in total. The van der Waals surface area contributed by atoms with Crippen molar-refractivity contribution in [3.8, 4) is 0 Å². The lowest BCUT2D eigenvalue weighted by Crippen LogP contribution is -2.48. The lowest BCUT2D eigenvalue weighted by molar-refractivity contribution is 0.0627. The Kier molecular flexibility index (Phi) is 5.26. The summed E-state index contributed by atoms with van der Waals surface area (Å²) < 4.78 is 27.6. The third kappa shape index (κ3) is 4.19. The second kappa shape index (κ2) is 7.40. The Hall–Kier alpha value is -1.79. The van der Waals surface area contributed by atoms with Crippen LogP contribution in [0.3, 0.4) is 0 Å². The molecule has 2 aromatic rings. The van der Waals surface area contributed by atoms with Crippen LogP contribution in [0, 0.1) is 11.6 Å². The quantitative estimate of drug-likeness (QED) is 0.792. The minimum absolute atomic E-state index is 0.0629. The van der Waals surface area contributed by atoms with E-state index in [9.17, 15) is 13.6 Å². The molecule has 3 rings (SSSR count). The lowest BCUT2D eigenvalue weighted by atomic mass is 10.1. The maximum absolute atomic E-state index is 13.3. The van der Waals surface area contributed by atoms with Crippen LogP contribution < -0.4 is 0 Å².